The molecule has 1 unspecified atom stereocenters. The van der Waals surface area contributed by atoms with E-state index in [4.69, 9.17) is 5.11 Å². The average Bonchev–Trinajstić information content (AvgIpc) is 3.59. The summed E-state index contributed by atoms with van der Waals surface area (Å²) in [7, 11) is 0.856. The first-order valence-electron chi connectivity index (χ1n) is 12.5. The topological polar surface area (TPSA) is 87.2 Å². The van der Waals surface area contributed by atoms with Crippen LogP contribution in [0.3, 0.4) is 0 Å². The van der Waals surface area contributed by atoms with Crippen LogP contribution < -0.4 is 0 Å². The Kier molecular flexibility index (Phi) is 7.50. The van der Waals surface area contributed by atoms with Crippen molar-refractivity contribution in [3.63, 3.8) is 0 Å². The van der Waals surface area contributed by atoms with Gasteiger partial charge in [0, 0.05) is 31.1 Å². The summed E-state index contributed by atoms with van der Waals surface area (Å²) >= 11 is 0. The number of hydrogen-bond donors (Lipinski definition) is 1. The van der Waals surface area contributed by atoms with E-state index in [-0.39, 0.29) is 31.5 Å². The molecule has 0 bridgehead atoms. The number of piperidine rings is 1. The molecule has 0 spiro atoms. The Bertz CT molecular complexity index is 1170. The molecular weight excluding hydrogens is 560 g/mol. The highest BCUT2D eigenvalue weighted by Crippen LogP contribution is 2.60. The molecule has 0 radical (unpaired) electrons. The maximum atomic E-state index is 15.8. The number of ether oxygens (including phenoxy) is 1. The molecule has 2 heterocycles. The van der Waals surface area contributed by atoms with Gasteiger partial charge in [0.15, 0.2) is 0 Å². The van der Waals surface area contributed by atoms with Gasteiger partial charge in [0.05, 0.1) is 12.7 Å². The van der Waals surface area contributed by atoms with Crippen molar-refractivity contribution < 1.29 is 59.4 Å². The first kappa shape index (κ1) is 29.8. The number of benzene rings is 1. The lowest BCUT2D eigenvalue weighted by atomic mass is 9.84. The number of halogens is 8. The summed E-state index contributed by atoms with van der Waals surface area (Å²) in [6.45, 7) is -0.963. The molecule has 15 heteroatoms. The lowest BCUT2D eigenvalue weighted by Crippen LogP contribution is -2.49. The zero-order valence-electron chi connectivity index (χ0n) is 21.1. The summed E-state index contributed by atoms with van der Waals surface area (Å²) in [6.07, 6.45) is -13.1. The number of carboxylic acid groups (broad SMARTS) is 1. The van der Waals surface area contributed by atoms with E-state index in [1.54, 1.807) is 0 Å². The van der Waals surface area contributed by atoms with Crippen LogP contribution in [0.5, 0.6) is 0 Å². The highest BCUT2D eigenvalue weighted by Gasteiger charge is 2.71. The molecule has 3 aliphatic rings. The Morgan fingerprint density at radius 2 is 1.57 bits per heavy atom. The third-order valence-electron chi connectivity index (χ3n) is 8.19. The normalized spacial score (nSPS) is 23.7. The molecule has 1 saturated carbocycles. The first-order valence-corrected chi connectivity index (χ1v) is 12.5. The van der Waals surface area contributed by atoms with Gasteiger partial charge in [0.25, 0.3) is 5.92 Å². The predicted octanol–water partition coefficient (Wildman–Crippen LogP) is 5.39. The fourth-order valence-corrected chi connectivity index (χ4v) is 5.67. The molecule has 40 heavy (non-hydrogen) atoms. The van der Waals surface area contributed by atoms with E-state index >= 15 is 8.78 Å². The second kappa shape index (κ2) is 10.1. The standard InChI is InChI=1S/C25H26F8N2O5/c1-40-19(36)18-11-15(12-35(18)20(37)22(6-7-22)25(31,32)33)23(26,27)16-3-2-14(10-17(16)24(28,29)30)13-4-8-34(9-5-13)21(38)39/h2-3,10,13,15,18H,4-9,11-12H2,1H3,(H,38,39)/t15?,18-/m0/s1. The number of esters is 1. The summed E-state index contributed by atoms with van der Waals surface area (Å²) in [5.41, 5.74) is -5.80. The monoisotopic (exact) mass is 586 g/mol. The maximum Gasteiger partial charge on any atom is 0.416 e. The minimum Gasteiger partial charge on any atom is -0.467 e. The van der Waals surface area contributed by atoms with Crippen molar-refractivity contribution in [3.8, 4) is 0 Å². The Balaban J connectivity index is 1.65. The number of likely N-dealkylation sites (tertiary alicyclic amines) is 2. The van der Waals surface area contributed by atoms with Crippen molar-refractivity contribution in [2.45, 2.75) is 62.3 Å². The quantitative estimate of drug-likeness (QED) is 0.370. The van der Waals surface area contributed by atoms with Crippen LogP contribution >= 0.6 is 0 Å². The van der Waals surface area contributed by atoms with Gasteiger partial charge < -0.3 is 19.6 Å². The van der Waals surface area contributed by atoms with Crippen LogP contribution in [0.25, 0.3) is 0 Å². The van der Waals surface area contributed by atoms with Crippen molar-refractivity contribution in [1.82, 2.24) is 9.80 Å². The van der Waals surface area contributed by atoms with E-state index in [1.165, 1.54) is 0 Å². The summed E-state index contributed by atoms with van der Waals surface area (Å²) in [6, 6.07) is 0.472. The van der Waals surface area contributed by atoms with Crippen LogP contribution in [-0.4, -0.2) is 71.8 Å². The zero-order chi connectivity index (χ0) is 29.8. The van der Waals surface area contributed by atoms with Gasteiger partial charge in [0.1, 0.15) is 11.5 Å². The van der Waals surface area contributed by atoms with Crippen LogP contribution in [0.15, 0.2) is 18.2 Å². The van der Waals surface area contributed by atoms with Crippen LogP contribution in [-0.2, 0) is 26.4 Å². The van der Waals surface area contributed by atoms with E-state index in [9.17, 15) is 40.7 Å². The number of nitrogens with zero attached hydrogens (tertiary/aromatic N) is 2. The predicted molar refractivity (Wildman–Crippen MR) is 120 cm³/mol. The van der Waals surface area contributed by atoms with Gasteiger partial charge in [-0.1, -0.05) is 12.1 Å². The fraction of sp³-hybridized carbons (Fsp3) is 0.640. The number of carbonyl (C=O) groups is 3. The Morgan fingerprint density at radius 3 is 2.05 bits per heavy atom. The molecule has 4 rings (SSSR count). The highest BCUT2D eigenvalue weighted by atomic mass is 19.4. The second-order valence-corrected chi connectivity index (χ2v) is 10.5. The van der Waals surface area contributed by atoms with Crippen LogP contribution in [0.4, 0.5) is 39.9 Å². The second-order valence-electron chi connectivity index (χ2n) is 10.5. The lowest BCUT2D eigenvalue weighted by molar-refractivity contribution is -0.200. The number of hydrogen-bond acceptors (Lipinski definition) is 4. The van der Waals surface area contributed by atoms with E-state index in [2.05, 4.69) is 4.74 Å². The van der Waals surface area contributed by atoms with Gasteiger partial charge in [-0.3, -0.25) is 4.79 Å². The van der Waals surface area contributed by atoms with Gasteiger partial charge in [-0.2, -0.15) is 26.3 Å². The van der Waals surface area contributed by atoms with E-state index in [1.807, 2.05) is 0 Å². The first-order chi connectivity index (χ1) is 18.4. The summed E-state index contributed by atoms with van der Waals surface area (Å²) < 4.78 is 119. The van der Waals surface area contributed by atoms with Crippen molar-refractivity contribution in [2.75, 3.05) is 26.7 Å². The number of alkyl halides is 8. The minimum atomic E-state index is -5.24. The molecular formula is C25H26F8N2O5. The number of rotatable bonds is 5. The molecule has 1 aromatic carbocycles. The maximum absolute atomic E-state index is 15.8. The van der Waals surface area contributed by atoms with Gasteiger partial charge >= 0.3 is 24.4 Å². The molecule has 2 aliphatic heterocycles. The summed E-state index contributed by atoms with van der Waals surface area (Å²) in [4.78, 5) is 37.7. The van der Waals surface area contributed by atoms with Gasteiger partial charge in [-0.25, -0.2) is 18.4 Å². The smallest absolute Gasteiger partial charge is 0.416 e. The fourth-order valence-electron chi connectivity index (χ4n) is 5.67. The van der Waals surface area contributed by atoms with Gasteiger partial charge in [0.2, 0.25) is 5.91 Å². The Hall–Kier alpha value is -3.13. The third-order valence-corrected chi connectivity index (χ3v) is 8.19. The van der Waals surface area contributed by atoms with Crippen molar-refractivity contribution in [2.24, 2.45) is 11.3 Å². The molecule has 7 nitrogen and oxygen atoms in total. The lowest BCUT2D eigenvalue weighted by Gasteiger charge is -2.32. The Labute approximate surface area is 223 Å². The molecule has 2 amide bonds. The molecule has 1 aliphatic carbocycles. The summed E-state index contributed by atoms with van der Waals surface area (Å²) in [5.74, 6) is -9.72. The number of amides is 2. The molecule has 1 N–H and O–H groups in total. The van der Waals surface area contributed by atoms with Crippen LogP contribution in [0, 0.1) is 11.3 Å². The third kappa shape index (κ3) is 5.18. The van der Waals surface area contributed by atoms with Crippen molar-refractivity contribution >= 4 is 18.0 Å². The molecule has 2 saturated heterocycles. The minimum absolute atomic E-state index is 0.0551. The number of carbonyl (C=O) groups excluding carboxylic acids is 2. The van der Waals surface area contributed by atoms with E-state index in [0.29, 0.717) is 17.0 Å². The average molecular weight is 586 g/mol. The van der Waals surface area contributed by atoms with E-state index < -0.39 is 96.5 Å². The molecule has 2 atom stereocenters. The number of methoxy groups -OCH3 is 1. The van der Waals surface area contributed by atoms with Crippen molar-refractivity contribution in [3.05, 3.63) is 34.9 Å². The zero-order valence-corrected chi connectivity index (χ0v) is 21.1. The summed E-state index contributed by atoms with van der Waals surface area (Å²) in [5, 5.41) is 9.07. The molecule has 0 aromatic heterocycles. The van der Waals surface area contributed by atoms with Gasteiger partial charge in [-0.15, -0.1) is 0 Å². The van der Waals surface area contributed by atoms with E-state index in [0.717, 1.165) is 18.1 Å². The molecule has 1 aromatic rings. The molecule has 222 valence electrons. The Morgan fingerprint density at radius 1 is 0.975 bits per heavy atom. The van der Waals surface area contributed by atoms with Crippen molar-refractivity contribution in [1.29, 1.82) is 0 Å². The molecule has 3 fully saturated rings. The van der Waals surface area contributed by atoms with Crippen LogP contribution in [0.1, 0.15) is 54.7 Å². The SMILES string of the molecule is COC(=O)[C@@H]1CC(C(F)(F)c2ccc(C3CCN(C(=O)O)CC3)cc2C(F)(F)F)CN1C(=O)C1(C(F)(F)F)CC1. The largest absolute Gasteiger partial charge is 0.467 e. The highest BCUT2D eigenvalue weighted by molar-refractivity contribution is 5.91. The van der Waals surface area contributed by atoms with Crippen LogP contribution in [0.2, 0.25) is 0 Å². The van der Waals surface area contributed by atoms with Gasteiger partial charge in [-0.05, 0) is 49.7 Å².